The van der Waals surface area contributed by atoms with E-state index in [2.05, 4.69) is 41.9 Å². The fraction of sp³-hybridized carbons (Fsp3) is 0.240. The lowest BCUT2D eigenvalue weighted by atomic mass is 9.95. The molecule has 9 heteroatoms. The van der Waals surface area contributed by atoms with Crippen LogP contribution in [0, 0.1) is 5.92 Å². The standard InChI is InChI=1S/C25H26Br2N2O4S/c1-4-33-22-14-11-20(27)15-23(22)34(31,32)29-21-12-7-18(8-13-21)25(30)28-24(16(2)3)17-5-9-19(26)10-6-17/h5-16,24,29H,4H2,1-3H3,(H,28,30). The Morgan fingerprint density at radius 1 is 0.941 bits per heavy atom. The number of halogens is 2. The van der Waals surface area contributed by atoms with Crippen molar-refractivity contribution < 1.29 is 17.9 Å². The molecule has 3 aromatic carbocycles. The van der Waals surface area contributed by atoms with Crippen LogP contribution in [0.25, 0.3) is 0 Å². The summed E-state index contributed by atoms with van der Waals surface area (Å²) in [5.41, 5.74) is 1.78. The van der Waals surface area contributed by atoms with Gasteiger partial charge in [-0.3, -0.25) is 9.52 Å². The molecule has 0 aliphatic carbocycles. The Morgan fingerprint density at radius 2 is 1.56 bits per heavy atom. The lowest BCUT2D eigenvalue weighted by molar-refractivity contribution is 0.0925. The van der Waals surface area contributed by atoms with Crippen LogP contribution in [0.15, 0.2) is 80.6 Å². The van der Waals surface area contributed by atoms with Crippen LogP contribution in [0.5, 0.6) is 5.75 Å². The van der Waals surface area contributed by atoms with E-state index in [1.165, 1.54) is 6.07 Å². The number of nitrogens with one attached hydrogen (secondary N) is 2. The van der Waals surface area contributed by atoms with Gasteiger partial charge in [0, 0.05) is 20.2 Å². The van der Waals surface area contributed by atoms with E-state index in [1.807, 2.05) is 38.1 Å². The molecule has 0 fully saturated rings. The van der Waals surface area contributed by atoms with Gasteiger partial charge in [-0.15, -0.1) is 0 Å². The SMILES string of the molecule is CCOc1ccc(Br)cc1S(=O)(=O)Nc1ccc(C(=O)NC(c2ccc(Br)cc2)C(C)C)cc1. The number of ether oxygens (including phenoxy) is 1. The van der Waals surface area contributed by atoms with Crippen molar-refractivity contribution in [3.8, 4) is 5.75 Å². The van der Waals surface area contributed by atoms with E-state index in [4.69, 9.17) is 4.74 Å². The van der Waals surface area contributed by atoms with Gasteiger partial charge in [0.05, 0.1) is 12.6 Å². The number of benzene rings is 3. The Kier molecular flexibility index (Phi) is 8.78. The van der Waals surface area contributed by atoms with Crippen LogP contribution in [-0.4, -0.2) is 20.9 Å². The second kappa shape index (κ2) is 11.4. The summed E-state index contributed by atoms with van der Waals surface area (Å²) in [7, 11) is -3.90. The van der Waals surface area contributed by atoms with E-state index in [0.717, 1.165) is 10.0 Å². The van der Waals surface area contributed by atoms with Gasteiger partial charge in [-0.2, -0.15) is 0 Å². The number of amides is 1. The average Bonchev–Trinajstić information content (AvgIpc) is 2.79. The zero-order valence-electron chi connectivity index (χ0n) is 19.0. The van der Waals surface area contributed by atoms with Crippen LogP contribution in [0.4, 0.5) is 5.69 Å². The average molecular weight is 610 g/mol. The zero-order valence-corrected chi connectivity index (χ0v) is 23.0. The summed E-state index contributed by atoms with van der Waals surface area (Å²) in [6, 6.07) is 18.8. The zero-order chi connectivity index (χ0) is 24.9. The van der Waals surface area contributed by atoms with Gasteiger partial charge in [0.1, 0.15) is 10.6 Å². The lowest BCUT2D eigenvalue weighted by Crippen LogP contribution is -2.31. The lowest BCUT2D eigenvalue weighted by Gasteiger charge is -2.23. The van der Waals surface area contributed by atoms with Crippen molar-refractivity contribution in [3.63, 3.8) is 0 Å². The van der Waals surface area contributed by atoms with Crippen molar-refractivity contribution in [1.29, 1.82) is 0 Å². The fourth-order valence-corrected chi connectivity index (χ4v) is 5.40. The highest BCUT2D eigenvalue weighted by Crippen LogP contribution is 2.29. The Hall–Kier alpha value is -2.36. The molecule has 2 N–H and O–H groups in total. The van der Waals surface area contributed by atoms with E-state index >= 15 is 0 Å². The molecule has 0 saturated carbocycles. The third kappa shape index (κ3) is 6.61. The van der Waals surface area contributed by atoms with Crippen molar-refractivity contribution in [2.75, 3.05) is 11.3 Å². The predicted octanol–water partition coefficient (Wildman–Crippen LogP) is 6.54. The molecule has 180 valence electrons. The number of hydrogen-bond acceptors (Lipinski definition) is 4. The molecule has 0 aromatic heterocycles. The van der Waals surface area contributed by atoms with Gasteiger partial charge in [0.15, 0.2) is 0 Å². The molecule has 34 heavy (non-hydrogen) atoms. The normalized spacial score (nSPS) is 12.3. The minimum Gasteiger partial charge on any atom is -0.492 e. The summed E-state index contributed by atoms with van der Waals surface area (Å²) in [6.07, 6.45) is 0. The van der Waals surface area contributed by atoms with Gasteiger partial charge in [-0.25, -0.2) is 8.42 Å². The molecule has 0 radical (unpaired) electrons. The monoisotopic (exact) mass is 608 g/mol. The highest BCUT2D eigenvalue weighted by molar-refractivity contribution is 9.10. The topological polar surface area (TPSA) is 84.5 Å². The van der Waals surface area contributed by atoms with Gasteiger partial charge >= 0.3 is 0 Å². The maximum Gasteiger partial charge on any atom is 0.265 e. The number of hydrogen-bond donors (Lipinski definition) is 2. The number of sulfonamides is 1. The van der Waals surface area contributed by atoms with Crippen molar-refractivity contribution in [1.82, 2.24) is 5.32 Å². The van der Waals surface area contributed by atoms with Crippen LogP contribution in [-0.2, 0) is 10.0 Å². The Morgan fingerprint density at radius 3 is 2.15 bits per heavy atom. The number of anilines is 1. The van der Waals surface area contributed by atoms with Gasteiger partial charge < -0.3 is 10.1 Å². The third-order valence-corrected chi connectivity index (χ3v) is 7.50. The van der Waals surface area contributed by atoms with Crippen LogP contribution >= 0.6 is 31.9 Å². The number of rotatable bonds is 9. The second-order valence-corrected chi connectivity index (χ2v) is 11.4. The van der Waals surface area contributed by atoms with Crippen LogP contribution in [0.2, 0.25) is 0 Å². The Balaban J connectivity index is 1.76. The van der Waals surface area contributed by atoms with Gasteiger partial charge in [0.25, 0.3) is 15.9 Å². The van der Waals surface area contributed by atoms with E-state index in [0.29, 0.717) is 22.3 Å². The van der Waals surface area contributed by atoms with Crippen molar-refractivity contribution >= 4 is 53.5 Å². The molecule has 1 atom stereocenters. The first-order chi connectivity index (χ1) is 16.1. The molecular weight excluding hydrogens is 584 g/mol. The molecule has 0 bridgehead atoms. The smallest absolute Gasteiger partial charge is 0.265 e. The van der Waals surface area contributed by atoms with Gasteiger partial charge in [-0.05, 0) is 73.0 Å². The highest BCUT2D eigenvalue weighted by atomic mass is 79.9. The number of carbonyl (C=O) groups excluding carboxylic acids is 1. The van der Waals surface area contributed by atoms with E-state index in [9.17, 15) is 13.2 Å². The summed E-state index contributed by atoms with van der Waals surface area (Å²) in [6.45, 7) is 6.22. The minimum atomic E-state index is -3.90. The van der Waals surface area contributed by atoms with Crippen LogP contribution in [0.3, 0.4) is 0 Å². The first-order valence-electron chi connectivity index (χ1n) is 10.7. The Bertz CT molecular complexity index is 1240. The quantitative estimate of drug-likeness (QED) is 0.289. The summed E-state index contributed by atoms with van der Waals surface area (Å²) in [5, 5.41) is 3.08. The van der Waals surface area contributed by atoms with E-state index in [1.54, 1.807) is 43.3 Å². The molecule has 0 aliphatic heterocycles. The van der Waals surface area contributed by atoms with E-state index in [-0.39, 0.29) is 28.5 Å². The fourth-order valence-electron chi connectivity index (χ4n) is 3.40. The van der Waals surface area contributed by atoms with Crippen molar-refractivity contribution in [2.24, 2.45) is 5.92 Å². The molecular formula is C25H26Br2N2O4S. The van der Waals surface area contributed by atoms with Gasteiger partial charge in [-0.1, -0.05) is 57.8 Å². The maximum atomic E-state index is 13.0. The predicted molar refractivity (Wildman–Crippen MR) is 142 cm³/mol. The summed E-state index contributed by atoms with van der Waals surface area (Å²) >= 11 is 6.74. The van der Waals surface area contributed by atoms with Crippen molar-refractivity contribution in [2.45, 2.75) is 31.7 Å². The molecule has 0 spiro atoms. The first kappa shape index (κ1) is 26.2. The number of carbonyl (C=O) groups is 1. The molecule has 1 unspecified atom stereocenters. The van der Waals surface area contributed by atoms with Crippen molar-refractivity contribution in [3.05, 3.63) is 86.8 Å². The largest absolute Gasteiger partial charge is 0.492 e. The summed E-state index contributed by atoms with van der Waals surface area (Å²) < 4.78 is 35.6. The summed E-state index contributed by atoms with van der Waals surface area (Å²) in [5.74, 6) is 0.212. The second-order valence-electron chi connectivity index (χ2n) is 7.95. The molecule has 0 heterocycles. The highest BCUT2D eigenvalue weighted by Gasteiger charge is 2.22. The van der Waals surface area contributed by atoms with Gasteiger partial charge in [0.2, 0.25) is 0 Å². The Labute approximate surface area is 217 Å². The van der Waals surface area contributed by atoms with Crippen LogP contribution < -0.4 is 14.8 Å². The molecule has 0 aliphatic rings. The summed E-state index contributed by atoms with van der Waals surface area (Å²) in [4.78, 5) is 12.9. The molecule has 0 saturated heterocycles. The maximum absolute atomic E-state index is 13.0. The molecule has 3 aromatic rings. The molecule has 3 rings (SSSR count). The third-order valence-electron chi connectivity index (χ3n) is 5.08. The van der Waals surface area contributed by atoms with Crippen LogP contribution in [0.1, 0.15) is 42.7 Å². The minimum absolute atomic E-state index is 0.0276. The van der Waals surface area contributed by atoms with E-state index < -0.39 is 10.0 Å². The molecule has 6 nitrogen and oxygen atoms in total. The first-order valence-corrected chi connectivity index (χ1v) is 13.8. The molecule has 1 amide bonds.